The van der Waals surface area contributed by atoms with Crippen molar-refractivity contribution in [3.05, 3.63) is 173 Å². The molecule has 0 saturated heterocycles. The van der Waals surface area contributed by atoms with Crippen LogP contribution in [0.4, 0.5) is 39.5 Å². The predicted octanol–water partition coefficient (Wildman–Crippen LogP) is 11.1. The molecule has 0 bridgehead atoms. The minimum absolute atomic E-state index is 0.0204. The Morgan fingerprint density at radius 2 is 0.881 bits per heavy atom. The smallest absolute Gasteiger partial charge is 0.432 e. The largest absolute Gasteiger partial charge is 0.460 e. The Balaban J connectivity index is 1.56. The molecule has 0 N–H and O–H groups in total. The topological polar surface area (TPSA) is 107 Å². The molecular formula is C49H43F9O9. The van der Waals surface area contributed by atoms with Crippen LogP contribution in [0.2, 0.25) is 0 Å². The number of methoxy groups -OCH3 is 3. The molecule has 0 spiro atoms. The maximum atomic E-state index is 15.0. The lowest BCUT2D eigenvalue weighted by atomic mass is 9.92. The molecule has 5 aromatic rings. The van der Waals surface area contributed by atoms with E-state index in [1.165, 1.54) is 54.6 Å². The minimum Gasteiger partial charge on any atom is -0.460 e. The summed E-state index contributed by atoms with van der Waals surface area (Å²) in [6.45, 7) is 0. The van der Waals surface area contributed by atoms with Gasteiger partial charge < -0.3 is 28.4 Å². The van der Waals surface area contributed by atoms with E-state index in [0.29, 0.717) is 21.3 Å². The lowest BCUT2D eigenvalue weighted by molar-refractivity contribution is -0.278. The van der Waals surface area contributed by atoms with Crippen molar-refractivity contribution in [2.75, 3.05) is 21.3 Å². The van der Waals surface area contributed by atoms with Gasteiger partial charge in [0.15, 0.2) is 11.5 Å². The number of carbonyl (C=O) groups excluding carboxylic acids is 3. The van der Waals surface area contributed by atoms with E-state index in [0.717, 1.165) is 60.2 Å². The maximum Gasteiger partial charge on any atom is 0.432 e. The van der Waals surface area contributed by atoms with Gasteiger partial charge in [-0.3, -0.25) is 0 Å². The summed E-state index contributed by atoms with van der Waals surface area (Å²) in [6, 6.07) is 28.9. The third-order valence-electron chi connectivity index (χ3n) is 10.7. The van der Waals surface area contributed by atoms with Crippen molar-refractivity contribution >= 4 is 24.0 Å². The standard InChI is InChI=1S/C49H43F9O9/c1-62-44(47(50,51)52,35-21-10-5-11-22-35)41(59)65-38(27-17-16-20-33-18-8-4-9-19-33)30-28-34-29-31-39(66-42(60)45(63-2,48(53,54)55)36-23-12-6-13-24-36)40(32-34)67-43(61)46(64-3,49(56,57)58)37-25-14-7-15-26-37/h4-16,18-26,29,31-32,38H,17,27-28,30H2,1-3H3/b20-16+/t38-,44-,45-,46-/m1/s1. The van der Waals surface area contributed by atoms with Crippen LogP contribution in [0.15, 0.2) is 146 Å². The molecule has 4 atom stereocenters. The molecule has 18 heteroatoms. The lowest BCUT2D eigenvalue weighted by Gasteiger charge is -2.34. The Bertz CT molecular complexity index is 2450. The second kappa shape index (κ2) is 21.4. The monoisotopic (exact) mass is 946 g/mol. The van der Waals surface area contributed by atoms with Crippen LogP contribution in [0.5, 0.6) is 11.5 Å². The van der Waals surface area contributed by atoms with E-state index in [2.05, 4.69) is 0 Å². The van der Waals surface area contributed by atoms with E-state index < -0.39 is 87.5 Å². The van der Waals surface area contributed by atoms with Gasteiger partial charge in [0, 0.05) is 38.0 Å². The summed E-state index contributed by atoms with van der Waals surface area (Å²) in [5.74, 6) is -8.07. The third kappa shape index (κ3) is 10.9. The van der Waals surface area contributed by atoms with E-state index in [-0.39, 0.29) is 31.2 Å². The zero-order chi connectivity index (χ0) is 49.1. The van der Waals surface area contributed by atoms with Crippen LogP contribution in [0.25, 0.3) is 6.08 Å². The molecule has 0 aromatic heterocycles. The highest BCUT2D eigenvalue weighted by Gasteiger charge is 2.66. The molecule has 5 rings (SSSR count). The highest BCUT2D eigenvalue weighted by Crippen LogP contribution is 2.47. The number of halogens is 9. The molecule has 356 valence electrons. The Hall–Kier alpha value is -6.50. The van der Waals surface area contributed by atoms with Crippen molar-refractivity contribution in [2.24, 2.45) is 0 Å². The van der Waals surface area contributed by atoms with E-state index >= 15 is 0 Å². The van der Waals surface area contributed by atoms with Crippen LogP contribution >= 0.6 is 0 Å². The zero-order valence-electron chi connectivity index (χ0n) is 35.9. The first-order valence-corrected chi connectivity index (χ1v) is 20.2. The van der Waals surface area contributed by atoms with Gasteiger partial charge >= 0.3 is 36.4 Å². The van der Waals surface area contributed by atoms with E-state index in [9.17, 15) is 53.9 Å². The third-order valence-corrected chi connectivity index (χ3v) is 10.7. The summed E-state index contributed by atoms with van der Waals surface area (Å²) in [4.78, 5) is 41.4. The Kier molecular flexibility index (Phi) is 16.5. The van der Waals surface area contributed by atoms with E-state index in [1.54, 1.807) is 42.5 Å². The van der Waals surface area contributed by atoms with Crippen molar-refractivity contribution in [1.29, 1.82) is 0 Å². The van der Waals surface area contributed by atoms with Crippen molar-refractivity contribution in [3.8, 4) is 11.5 Å². The molecule has 0 unspecified atom stereocenters. The van der Waals surface area contributed by atoms with Crippen molar-refractivity contribution in [2.45, 2.75) is 67.1 Å². The van der Waals surface area contributed by atoms with Gasteiger partial charge in [-0.05, 0) is 48.9 Å². The van der Waals surface area contributed by atoms with Gasteiger partial charge in [-0.1, -0.05) is 140 Å². The fourth-order valence-electron chi connectivity index (χ4n) is 7.27. The minimum atomic E-state index is -5.52. The van der Waals surface area contributed by atoms with Gasteiger partial charge in [-0.2, -0.15) is 39.5 Å². The number of esters is 3. The quantitative estimate of drug-likeness (QED) is 0.0454. The molecule has 0 radical (unpaired) electrons. The number of allylic oxidation sites excluding steroid dienone is 1. The highest BCUT2D eigenvalue weighted by molar-refractivity contribution is 5.87. The summed E-state index contributed by atoms with van der Waals surface area (Å²) in [7, 11) is 1.84. The van der Waals surface area contributed by atoms with Crippen LogP contribution < -0.4 is 9.47 Å². The van der Waals surface area contributed by atoms with Gasteiger partial charge in [0.25, 0.3) is 16.8 Å². The average molecular weight is 947 g/mol. The van der Waals surface area contributed by atoms with Crippen molar-refractivity contribution in [1.82, 2.24) is 0 Å². The number of aryl methyl sites for hydroxylation is 1. The van der Waals surface area contributed by atoms with Crippen LogP contribution in [-0.4, -0.2) is 63.9 Å². The number of benzene rings is 5. The number of hydrogen-bond donors (Lipinski definition) is 0. The Labute approximate surface area is 379 Å². The molecule has 0 heterocycles. The summed E-state index contributed by atoms with van der Waals surface area (Å²) >= 11 is 0. The normalized spacial score (nSPS) is 15.4. The fraction of sp³-hybridized carbons (Fsp3) is 0.286. The van der Waals surface area contributed by atoms with Gasteiger partial charge in [0.1, 0.15) is 6.10 Å². The average Bonchev–Trinajstić information content (AvgIpc) is 3.29. The second-order valence-corrected chi connectivity index (χ2v) is 14.8. The predicted molar refractivity (Wildman–Crippen MR) is 224 cm³/mol. The fourth-order valence-corrected chi connectivity index (χ4v) is 7.27. The summed E-state index contributed by atoms with van der Waals surface area (Å²) in [5.41, 5.74) is -12.5. The maximum absolute atomic E-state index is 15.0. The number of carbonyl (C=O) groups is 3. The number of hydrogen-bond acceptors (Lipinski definition) is 9. The van der Waals surface area contributed by atoms with Gasteiger partial charge in [0.05, 0.1) is 0 Å². The molecule has 67 heavy (non-hydrogen) atoms. The van der Waals surface area contributed by atoms with E-state index in [1.807, 2.05) is 0 Å². The highest BCUT2D eigenvalue weighted by atomic mass is 19.4. The van der Waals surface area contributed by atoms with Crippen LogP contribution in [0, 0.1) is 0 Å². The second-order valence-electron chi connectivity index (χ2n) is 14.8. The lowest BCUT2D eigenvalue weighted by Crippen LogP contribution is -2.53. The van der Waals surface area contributed by atoms with Crippen LogP contribution in [0.1, 0.15) is 47.1 Å². The van der Waals surface area contributed by atoms with Gasteiger partial charge in [-0.15, -0.1) is 0 Å². The summed E-state index contributed by atoms with van der Waals surface area (Å²) in [6.07, 6.45) is -14.7. The van der Waals surface area contributed by atoms with Crippen LogP contribution in [-0.2, 0) is 56.6 Å². The zero-order valence-corrected chi connectivity index (χ0v) is 35.9. The van der Waals surface area contributed by atoms with Crippen molar-refractivity contribution < 1.29 is 82.3 Å². The van der Waals surface area contributed by atoms with E-state index in [4.69, 9.17) is 28.4 Å². The molecule has 9 nitrogen and oxygen atoms in total. The Morgan fingerprint density at radius 3 is 1.28 bits per heavy atom. The molecule has 0 aliphatic heterocycles. The van der Waals surface area contributed by atoms with Crippen molar-refractivity contribution in [3.63, 3.8) is 0 Å². The van der Waals surface area contributed by atoms with Gasteiger partial charge in [-0.25, -0.2) is 14.4 Å². The molecule has 0 aliphatic carbocycles. The first kappa shape index (κ1) is 51.5. The number of rotatable bonds is 19. The number of alkyl halides is 9. The molecular weight excluding hydrogens is 904 g/mol. The molecule has 0 saturated carbocycles. The number of ether oxygens (including phenoxy) is 6. The molecule has 5 aromatic carbocycles. The molecule has 0 aliphatic rings. The first-order valence-electron chi connectivity index (χ1n) is 20.2. The Morgan fingerprint density at radius 1 is 0.493 bits per heavy atom. The van der Waals surface area contributed by atoms with Gasteiger partial charge in [0.2, 0.25) is 0 Å². The molecule has 0 amide bonds. The summed E-state index contributed by atoms with van der Waals surface area (Å²) in [5, 5.41) is 0. The summed E-state index contributed by atoms with van der Waals surface area (Å²) < 4.78 is 165. The van der Waals surface area contributed by atoms with Crippen LogP contribution in [0.3, 0.4) is 0 Å². The SMILES string of the molecule is CO[C@@](C(=O)Oc1ccc(CC[C@@H](CC/C=C/c2ccccc2)OC(=O)[C@](OC)(c2ccccc2)C(F)(F)F)cc1OC(=O)[C@](OC)(c1ccccc1)C(F)(F)F)(c1ccccc1)C(F)(F)F. The first-order chi connectivity index (χ1) is 31.7. The molecule has 0 fully saturated rings.